The Morgan fingerprint density at radius 1 is 1.03 bits per heavy atom. The summed E-state index contributed by atoms with van der Waals surface area (Å²) in [7, 11) is 0. The van der Waals surface area contributed by atoms with Crippen LogP contribution >= 0.6 is 0 Å². The number of phenols is 1. The third-order valence-corrected chi connectivity index (χ3v) is 8.12. The first-order valence-corrected chi connectivity index (χ1v) is 12.1. The highest BCUT2D eigenvalue weighted by molar-refractivity contribution is 5.97. The molecule has 1 saturated heterocycles. The maximum Gasteiger partial charge on any atom is 0.234 e. The van der Waals surface area contributed by atoms with Crippen molar-refractivity contribution in [2.24, 2.45) is 10.8 Å². The molecule has 0 atom stereocenters. The van der Waals surface area contributed by atoms with E-state index in [1.54, 1.807) is 12.3 Å². The van der Waals surface area contributed by atoms with Gasteiger partial charge in [-0.3, -0.25) is 19.0 Å². The number of anilines is 2. The van der Waals surface area contributed by atoms with E-state index >= 15 is 0 Å². The van der Waals surface area contributed by atoms with Gasteiger partial charge in [0.1, 0.15) is 11.6 Å². The van der Waals surface area contributed by atoms with Crippen LogP contribution in [0, 0.1) is 10.8 Å². The molecule has 2 aliphatic carbocycles. The molecule has 1 N–H and O–H groups in total. The van der Waals surface area contributed by atoms with Crippen molar-refractivity contribution in [2.45, 2.75) is 32.1 Å². The average molecular weight is 453 g/mol. The minimum absolute atomic E-state index is 0.127. The minimum atomic E-state index is -0.423. The number of carbonyl (C=O) groups excluding carboxylic acids is 1. The zero-order valence-corrected chi connectivity index (χ0v) is 19.1. The normalized spacial score (nSPS) is 27.1. The van der Waals surface area contributed by atoms with Crippen LogP contribution in [0.25, 0.3) is 0 Å². The number of piperazine rings is 1. The Kier molecular flexibility index (Phi) is 5.99. The molecule has 0 unspecified atom stereocenters. The zero-order chi connectivity index (χ0) is 22.9. The molecule has 1 amide bonds. The summed E-state index contributed by atoms with van der Waals surface area (Å²) in [6.45, 7) is 4.43. The summed E-state index contributed by atoms with van der Waals surface area (Å²) >= 11 is 0. The first-order valence-electron chi connectivity index (χ1n) is 12.1. The van der Waals surface area contributed by atoms with E-state index in [4.69, 9.17) is 0 Å². The number of halogens is 1. The molecule has 0 spiro atoms. The molecule has 2 saturated carbocycles. The summed E-state index contributed by atoms with van der Waals surface area (Å²) in [4.78, 5) is 24.8. The number of nitrogens with zero attached hydrogens (tertiary/aromatic N) is 4. The van der Waals surface area contributed by atoms with E-state index in [1.807, 2.05) is 41.3 Å². The van der Waals surface area contributed by atoms with Gasteiger partial charge in [0, 0.05) is 45.5 Å². The molecular formula is C26H33FN4O2. The second-order valence-electron chi connectivity index (χ2n) is 10.1. The van der Waals surface area contributed by atoms with E-state index in [-0.39, 0.29) is 18.0 Å². The van der Waals surface area contributed by atoms with Crippen molar-refractivity contribution < 1.29 is 14.3 Å². The third kappa shape index (κ3) is 4.19. The lowest BCUT2D eigenvalue weighted by Crippen LogP contribution is -2.50. The van der Waals surface area contributed by atoms with Crippen molar-refractivity contribution in [1.29, 1.82) is 0 Å². The van der Waals surface area contributed by atoms with Gasteiger partial charge in [-0.25, -0.2) is 4.98 Å². The first kappa shape index (κ1) is 22.1. The summed E-state index contributed by atoms with van der Waals surface area (Å²) in [5.41, 5.74) is 0.179. The van der Waals surface area contributed by atoms with Gasteiger partial charge >= 0.3 is 0 Å². The molecule has 3 fully saturated rings. The summed E-state index contributed by atoms with van der Waals surface area (Å²) in [5.74, 6) is 1.13. The summed E-state index contributed by atoms with van der Waals surface area (Å²) in [5, 5.41) is 10.2. The predicted octanol–water partition coefficient (Wildman–Crippen LogP) is 3.86. The highest BCUT2D eigenvalue weighted by Gasteiger charge is 2.59. The minimum Gasteiger partial charge on any atom is -0.506 e. The Morgan fingerprint density at radius 3 is 2.39 bits per heavy atom. The van der Waals surface area contributed by atoms with Crippen LogP contribution in [0.1, 0.15) is 32.1 Å². The first-order chi connectivity index (χ1) is 16.0. The number of hydrogen-bond acceptors (Lipinski definition) is 5. The molecular weight excluding hydrogens is 419 g/mol. The fourth-order valence-corrected chi connectivity index (χ4v) is 6.11. The molecule has 176 valence electrons. The second-order valence-corrected chi connectivity index (χ2v) is 10.1. The second kappa shape index (κ2) is 8.93. The molecule has 5 rings (SSSR count). The number of hydrogen-bond donors (Lipinski definition) is 1. The highest BCUT2D eigenvalue weighted by Crippen LogP contribution is 2.62. The van der Waals surface area contributed by atoms with Crippen molar-refractivity contribution in [2.75, 3.05) is 55.7 Å². The molecule has 1 aliphatic heterocycles. The highest BCUT2D eigenvalue weighted by atomic mass is 19.1. The number of aromatic nitrogens is 1. The molecule has 2 aromatic rings. The van der Waals surface area contributed by atoms with E-state index in [0.717, 1.165) is 64.1 Å². The molecule has 3 aliphatic rings. The van der Waals surface area contributed by atoms with Crippen LogP contribution in [0.3, 0.4) is 0 Å². The van der Waals surface area contributed by atoms with Crippen LogP contribution < -0.4 is 9.80 Å². The average Bonchev–Trinajstić information content (AvgIpc) is 3.44. The number of benzene rings is 1. The zero-order valence-electron chi connectivity index (χ0n) is 19.1. The number of fused-ring (bicyclic) bond motifs is 2. The van der Waals surface area contributed by atoms with E-state index in [1.165, 1.54) is 0 Å². The standard InChI is InChI=1S/C26H33FN4O2/c27-20-25-8-10-26(19-25,11-9-25)24(33)31(23-7-3-4-12-28-23)18-15-29-13-16-30(17-14-29)21-5-1-2-6-22(21)32/h1-7,12,32H,8-11,13-20H2. The van der Waals surface area contributed by atoms with Crippen LogP contribution in [0.15, 0.2) is 48.7 Å². The monoisotopic (exact) mass is 452 g/mol. The number of rotatable bonds is 7. The number of phenolic OH excluding ortho intramolecular Hbond substituents is 1. The van der Waals surface area contributed by atoms with Gasteiger partial charge in [0.05, 0.1) is 17.8 Å². The van der Waals surface area contributed by atoms with Crippen LogP contribution in [0.5, 0.6) is 5.75 Å². The molecule has 2 bridgehead atoms. The quantitative estimate of drug-likeness (QED) is 0.691. The Bertz CT molecular complexity index is 969. The van der Waals surface area contributed by atoms with Crippen LogP contribution in [0.4, 0.5) is 15.9 Å². The van der Waals surface area contributed by atoms with Crippen molar-refractivity contribution >= 4 is 17.4 Å². The van der Waals surface area contributed by atoms with E-state index < -0.39 is 5.41 Å². The van der Waals surface area contributed by atoms with Crippen LogP contribution in [-0.2, 0) is 4.79 Å². The number of carbonyl (C=O) groups is 1. The maximum absolute atomic E-state index is 13.8. The van der Waals surface area contributed by atoms with Crippen LogP contribution in [0.2, 0.25) is 0 Å². The van der Waals surface area contributed by atoms with Crippen molar-refractivity contribution in [1.82, 2.24) is 9.88 Å². The summed E-state index contributed by atoms with van der Waals surface area (Å²) in [6.07, 6.45) is 5.63. The van der Waals surface area contributed by atoms with Gasteiger partial charge < -0.3 is 10.0 Å². The smallest absolute Gasteiger partial charge is 0.234 e. The summed E-state index contributed by atoms with van der Waals surface area (Å²) in [6, 6.07) is 13.1. The molecule has 1 aromatic heterocycles. The van der Waals surface area contributed by atoms with Gasteiger partial charge in [0.25, 0.3) is 0 Å². The van der Waals surface area contributed by atoms with E-state index in [2.05, 4.69) is 14.8 Å². The number of alkyl halides is 1. The van der Waals surface area contributed by atoms with Gasteiger partial charge in [-0.15, -0.1) is 0 Å². The third-order valence-electron chi connectivity index (χ3n) is 8.12. The lowest BCUT2D eigenvalue weighted by molar-refractivity contribution is -0.128. The molecule has 2 heterocycles. The lowest BCUT2D eigenvalue weighted by Gasteiger charge is -2.38. The fraction of sp³-hybridized carbons (Fsp3) is 0.538. The van der Waals surface area contributed by atoms with Gasteiger partial charge in [-0.1, -0.05) is 18.2 Å². The molecule has 6 nitrogen and oxygen atoms in total. The van der Waals surface area contributed by atoms with Crippen molar-refractivity contribution in [3.63, 3.8) is 0 Å². The Labute approximate surface area is 195 Å². The fourth-order valence-electron chi connectivity index (χ4n) is 6.11. The Morgan fingerprint density at radius 2 is 1.76 bits per heavy atom. The number of aromatic hydroxyl groups is 1. The SMILES string of the molecule is O=C(N(CCN1CCN(c2ccccc2O)CC1)c1ccccn1)C12CCC(CF)(CC1)C2. The van der Waals surface area contributed by atoms with Crippen LogP contribution in [-0.4, -0.2) is 66.8 Å². The van der Waals surface area contributed by atoms with Crippen molar-refractivity contribution in [3.05, 3.63) is 48.7 Å². The topological polar surface area (TPSA) is 59.9 Å². The number of para-hydroxylation sites is 2. The molecule has 33 heavy (non-hydrogen) atoms. The molecule has 1 aromatic carbocycles. The molecule has 7 heteroatoms. The maximum atomic E-state index is 13.8. The van der Waals surface area contributed by atoms with Crippen molar-refractivity contribution in [3.8, 4) is 5.75 Å². The molecule has 0 radical (unpaired) electrons. The Balaban J connectivity index is 1.25. The van der Waals surface area contributed by atoms with E-state index in [9.17, 15) is 14.3 Å². The van der Waals surface area contributed by atoms with Gasteiger partial charge in [0.15, 0.2) is 0 Å². The Hall–Kier alpha value is -2.67. The lowest BCUT2D eigenvalue weighted by atomic mass is 9.81. The van der Waals surface area contributed by atoms with E-state index in [0.29, 0.717) is 24.5 Å². The predicted molar refractivity (Wildman–Crippen MR) is 127 cm³/mol. The van der Waals surface area contributed by atoms with Gasteiger partial charge in [0.2, 0.25) is 5.91 Å². The van der Waals surface area contributed by atoms with Gasteiger partial charge in [-0.05, 0) is 61.8 Å². The largest absolute Gasteiger partial charge is 0.506 e. The van der Waals surface area contributed by atoms with Gasteiger partial charge in [-0.2, -0.15) is 0 Å². The summed E-state index contributed by atoms with van der Waals surface area (Å²) < 4.78 is 13.7. The number of amides is 1. The number of pyridine rings is 1.